The molecule has 0 aliphatic rings. The Morgan fingerprint density at radius 1 is 1.47 bits per heavy atom. The van der Waals surface area contributed by atoms with Gasteiger partial charge in [-0.15, -0.1) is 11.8 Å². The maximum Gasteiger partial charge on any atom is 0.128 e. The molecular weight excluding hydrogens is 189 g/mol. The molecular formula is C13H16FN. The van der Waals surface area contributed by atoms with Gasteiger partial charge in [0, 0.05) is 18.0 Å². The number of hydrogen-bond acceptors (Lipinski definition) is 1. The van der Waals surface area contributed by atoms with Gasteiger partial charge in [0.25, 0.3) is 0 Å². The first kappa shape index (κ1) is 11.7. The minimum absolute atomic E-state index is 0.216. The quantitative estimate of drug-likeness (QED) is 0.754. The van der Waals surface area contributed by atoms with Crippen LogP contribution in [0.5, 0.6) is 0 Å². The number of aryl methyl sites for hydroxylation is 1. The minimum atomic E-state index is -0.258. The molecule has 0 aromatic heterocycles. The van der Waals surface area contributed by atoms with Gasteiger partial charge in [-0.1, -0.05) is 12.1 Å². The van der Waals surface area contributed by atoms with Crippen LogP contribution < -0.4 is 5.73 Å². The van der Waals surface area contributed by atoms with E-state index in [2.05, 4.69) is 11.8 Å². The summed E-state index contributed by atoms with van der Waals surface area (Å²) in [5, 5.41) is 0. The molecule has 0 saturated carbocycles. The van der Waals surface area contributed by atoms with Gasteiger partial charge in [-0.05, 0) is 31.9 Å². The monoisotopic (exact) mass is 205 g/mol. The molecule has 0 fully saturated rings. The molecule has 0 spiro atoms. The van der Waals surface area contributed by atoms with Gasteiger partial charge in [-0.25, -0.2) is 4.39 Å². The van der Waals surface area contributed by atoms with E-state index in [9.17, 15) is 4.39 Å². The van der Waals surface area contributed by atoms with E-state index >= 15 is 0 Å². The number of halogens is 1. The van der Waals surface area contributed by atoms with Gasteiger partial charge in [0.2, 0.25) is 0 Å². The fourth-order valence-corrected chi connectivity index (χ4v) is 1.44. The first-order chi connectivity index (χ1) is 7.15. The average Bonchev–Trinajstić information content (AvgIpc) is 2.17. The molecule has 80 valence electrons. The first-order valence-electron chi connectivity index (χ1n) is 5.06. The Hall–Kier alpha value is -1.33. The lowest BCUT2D eigenvalue weighted by molar-refractivity contribution is 0.567. The number of nitrogens with two attached hydrogens (primary N) is 1. The van der Waals surface area contributed by atoms with E-state index in [4.69, 9.17) is 5.73 Å². The number of hydrogen-bond donors (Lipinski definition) is 1. The van der Waals surface area contributed by atoms with Crippen LogP contribution in [-0.2, 0) is 0 Å². The van der Waals surface area contributed by atoms with Crippen molar-refractivity contribution in [1.82, 2.24) is 0 Å². The molecule has 1 nitrogen and oxygen atoms in total. The van der Waals surface area contributed by atoms with Crippen LogP contribution >= 0.6 is 0 Å². The summed E-state index contributed by atoms with van der Waals surface area (Å²) >= 11 is 0. The summed E-state index contributed by atoms with van der Waals surface area (Å²) in [4.78, 5) is 0. The molecule has 2 heteroatoms. The van der Waals surface area contributed by atoms with Crippen molar-refractivity contribution in [1.29, 1.82) is 0 Å². The van der Waals surface area contributed by atoms with E-state index in [1.54, 1.807) is 13.0 Å². The van der Waals surface area contributed by atoms with E-state index < -0.39 is 0 Å². The van der Waals surface area contributed by atoms with Crippen molar-refractivity contribution in [2.45, 2.75) is 32.7 Å². The summed E-state index contributed by atoms with van der Waals surface area (Å²) in [6.45, 7) is 3.65. The predicted octanol–water partition coefficient (Wildman–Crippen LogP) is 2.94. The zero-order valence-electron chi connectivity index (χ0n) is 9.18. The second kappa shape index (κ2) is 5.53. The van der Waals surface area contributed by atoms with E-state index in [1.807, 2.05) is 13.0 Å². The molecule has 1 aromatic rings. The van der Waals surface area contributed by atoms with Crippen LogP contribution in [0.4, 0.5) is 4.39 Å². The topological polar surface area (TPSA) is 26.0 Å². The van der Waals surface area contributed by atoms with Crippen molar-refractivity contribution in [3.63, 3.8) is 0 Å². The molecule has 2 N–H and O–H groups in total. The van der Waals surface area contributed by atoms with E-state index in [1.165, 1.54) is 6.07 Å². The Morgan fingerprint density at radius 3 is 2.80 bits per heavy atom. The van der Waals surface area contributed by atoms with Crippen LogP contribution in [0, 0.1) is 24.6 Å². The van der Waals surface area contributed by atoms with E-state index in [-0.39, 0.29) is 11.9 Å². The lowest BCUT2D eigenvalue weighted by Gasteiger charge is -2.11. The van der Waals surface area contributed by atoms with Crippen molar-refractivity contribution in [2.24, 2.45) is 5.73 Å². The van der Waals surface area contributed by atoms with Crippen molar-refractivity contribution < 1.29 is 4.39 Å². The second-order valence-corrected chi connectivity index (χ2v) is 3.60. The molecule has 1 rings (SSSR count). The van der Waals surface area contributed by atoms with Gasteiger partial charge in [-0.3, -0.25) is 0 Å². The van der Waals surface area contributed by atoms with Gasteiger partial charge in [0.1, 0.15) is 5.82 Å². The third-order valence-electron chi connectivity index (χ3n) is 2.31. The van der Waals surface area contributed by atoms with Crippen LogP contribution in [0.3, 0.4) is 0 Å². The maximum atomic E-state index is 13.5. The SMILES string of the molecule is CC#CCCC(N)c1ccc(C)cc1F. The number of rotatable bonds is 3. The Bertz CT molecular complexity index is 387. The third-order valence-corrected chi connectivity index (χ3v) is 2.31. The minimum Gasteiger partial charge on any atom is -0.324 e. The zero-order valence-corrected chi connectivity index (χ0v) is 9.18. The van der Waals surface area contributed by atoms with Crippen LogP contribution in [0.15, 0.2) is 18.2 Å². The maximum absolute atomic E-state index is 13.5. The first-order valence-corrected chi connectivity index (χ1v) is 5.06. The molecule has 0 heterocycles. The third kappa shape index (κ3) is 3.38. The van der Waals surface area contributed by atoms with Gasteiger partial charge < -0.3 is 5.73 Å². The predicted molar refractivity (Wildman–Crippen MR) is 60.7 cm³/mol. The second-order valence-electron chi connectivity index (χ2n) is 3.60. The van der Waals surface area contributed by atoms with E-state index in [0.29, 0.717) is 18.4 Å². The van der Waals surface area contributed by atoms with Gasteiger partial charge in [0.05, 0.1) is 0 Å². The average molecular weight is 205 g/mol. The highest BCUT2D eigenvalue weighted by atomic mass is 19.1. The van der Waals surface area contributed by atoms with Crippen molar-refractivity contribution in [3.05, 3.63) is 35.1 Å². The standard InChI is InChI=1S/C13H16FN/c1-3-4-5-6-13(15)11-8-7-10(2)9-12(11)14/h7-9,13H,5-6,15H2,1-2H3. The largest absolute Gasteiger partial charge is 0.324 e. The fraction of sp³-hybridized carbons (Fsp3) is 0.385. The molecule has 1 unspecified atom stereocenters. The molecule has 0 aliphatic carbocycles. The normalized spacial score (nSPS) is 11.7. The molecule has 1 atom stereocenters. The molecule has 0 bridgehead atoms. The summed E-state index contributed by atoms with van der Waals surface area (Å²) in [6.07, 6.45) is 1.41. The Morgan fingerprint density at radius 2 is 2.20 bits per heavy atom. The van der Waals surface area contributed by atoms with Crippen LogP contribution in [0.1, 0.15) is 36.9 Å². The van der Waals surface area contributed by atoms with Crippen molar-refractivity contribution in [3.8, 4) is 11.8 Å². The van der Waals surface area contributed by atoms with E-state index in [0.717, 1.165) is 5.56 Å². The molecule has 0 aliphatic heterocycles. The van der Waals surface area contributed by atoms with Crippen molar-refractivity contribution in [2.75, 3.05) is 0 Å². The summed E-state index contributed by atoms with van der Waals surface area (Å²) in [5.41, 5.74) is 7.37. The fourth-order valence-electron chi connectivity index (χ4n) is 1.44. The van der Waals surface area contributed by atoms with Crippen LogP contribution in [0.2, 0.25) is 0 Å². The zero-order chi connectivity index (χ0) is 11.3. The van der Waals surface area contributed by atoms with Crippen LogP contribution in [0.25, 0.3) is 0 Å². The molecule has 0 radical (unpaired) electrons. The smallest absolute Gasteiger partial charge is 0.128 e. The molecule has 15 heavy (non-hydrogen) atoms. The lowest BCUT2D eigenvalue weighted by Crippen LogP contribution is -2.11. The summed E-state index contributed by atoms with van der Waals surface area (Å²) in [6, 6.07) is 4.89. The van der Waals surface area contributed by atoms with Gasteiger partial charge in [-0.2, -0.15) is 0 Å². The Kier molecular flexibility index (Phi) is 4.33. The Labute approximate surface area is 90.5 Å². The molecule has 0 saturated heterocycles. The van der Waals surface area contributed by atoms with Crippen molar-refractivity contribution >= 4 is 0 Å². The summed E-state index contributed by atoms with van der Waals surface area (Å²) < 4.78 is 13.5. The van der Waals surface area contributed by atoms with Gasteiger partial charge in [0.15, 0.2) is 0 Å². The molecule has 0 amide bonds. The Balaban J connectivity index is 2.71. The van der Waals surface area contributed by atoms with Gasteiger partial charge >= 0.3 is 0 Å². The summed E-state index contributed by atoms with van der Waals surface area (Å²) in [7, 11) is 0. The number of benzene rings is 1. The molecule has 1 aromatic carbocycles. The summed E-state index contributed by atoms with van der Waals surface area (Å²) in [5.74, 6) is 5.51. The highest BCUT2D eigenvalue weighted by Gasteiger charge is 2.10. The highest BCUT2D eigenvalue weighted by molar-refractivity contribution is 5.26. The van der Waals surface area contributed by atoms with Crippen LogP contribution in [-0.4, -0.2) is 0 Å². The highest BCUT2D eigenvalue weighted by Crippen LogP contribution is 2.19. The lowest BCUT2D eigenvalue weighted by atomic mass is 10.0.